The van der Waals surface area contributed by atoms with Crippen molar-refractivity contribution in [2.45, 2.75) is 57.7 Å². The Morgan fingerprint density at radius 2 is 2.08 bits per heavy atom. The van der Waals surface area contributed by atoms with Crippen LogP contribution >= 0.6 is 0 Å². The second-order valence-corrected chi connectivity index (χ2v) is 6.81. The van der Waals surface area contributed by atoms with Crippen LogP contribution in [0.5, 0.6) is 0 Å². The monoisotopic (exact) mass is 344 g/mol. The molecule has 0 aromatic carbocycles. The van der Waals surface area contributed by atoms with Gasteiger partial charge in [0.1, 0.15) is 0 Å². The standard InChI is InChI=1S/C18H24N4O3/c1-2-17(23)22-10-4-7-14(22)13-6-3-9-21(13)12-16-19-20-18(25-16)15-8-5-11-24-15/h5,8,11,13-14H,2-4,6-7,9-10,12H2,1H3/t13-,14+/m1/s1. The maximum atomic E-state index is 12.2. The van der Waals surface area contributed by atoms with Crippen molar-refractivity contribution in [2.75, 3.05) is 13.1 Å². The molecule has 2 aliphatic heterocycles. The molecule has 2 fully saturated rings. The smallest absolute Gasteiger partial charge is 0.283 e. The van der Waals surface area contributed by atoms with E-state index >= 15 is 0 Å². The Morgan fingerprint density at radius 3 is 2.88 bits per heavy atom. The van der Waals surface area contributed by atoms with Crippen LogP contribution in [-0.4, -0.2) is 51.1 Å². The molecule has 0 unspecified atom stereocenters. The molecule has 25 heavy (non-hydrogen) atoms. The van der Waals surface area contributed by atoms with Gasteiger partial charge in [-0.1, -0.05) is 6.92 Å². The van der Waals surface area contributed by atoms with Crippen LogP contribution in [0.15, 0.2) is 27.2 Å². The quantitative estimate of drug-likeness (QED) is 0.830. The molecule has 0 saturated carbocycles. The van der Waals surface area contributed by atoms with Crippen molar-refractivity contribution >= 4 is 5.91 Å². The Bertz CT molecular complexity index is 712. The molecule has 0 aliphatic carbocycles. The summed E-state index contributed by atoms with van der Waals surface area (Å²) in [6.45, 7) is 4.47. The second kappa shape index (κ2) is 7.00. The van der Waals surface area contributed by atoms with Gasteiger partial charge in [-0.05, 0) is 44.4 Å². The van der Waals surface area contributed by atoms with Crippen LogP contribution in [0.2, 0.25) is 0 Å². The molecule has 7 nitrogen and oxygen atoms in total. The largest absolute Gasteiger partial charge is 0.459 e. The summed E-state index contributed by atoms with van der Waals surface area (Å²) in [6.07, 6.45) is 6.64. The molecule has 4 heterocycles. The first kappa shape index (κ1) is 16.3. The number of nitrogens with zero attached hydrogens (tertiary/aromatic N) is 4. The minimum absolute atomic E-state index is 0.271. The third kappa shape index (κ3) is 3.20. The van der Waals surface area contributed by atoms with Gasteiger partial charge in [0, 0.05) is 25.0 Å². The predicted molar refractivity (Wildman–Crippen MR) is 90.5 cm³/mol. The van der Waals surface area contributed by atoms with Gasteiger partial charge in [-0.15, -0.1) is 10.2 Å². The van der Waals surface area contributed by atoms with Crippen LogP contribution in [0.4, 0.5) is 0 Å². The van der Waals surface area contributed by atoms with E-state index in [9.17, 15) is 4.79 Å². The summed E-state index contributed by atoms with van der Waals surface area (Å²) < 4.78 is 11.1. The van der Waals surface area contributed by atoms with Gasteiger partial charge >= 0.3 is 0 Å². The third-order valence-corrected chi connectivity index (χ3v) is 5.32. The molecule has 0 radical (unpaired) electrons. The zero-order valence-electron chi connectivity index (χ0n) is 14.6. The predicted octanol–water partition coefficient (Wildman–Crippen LogP) is 2.70. The number of furan rings is 1. The van der Waals surface area contributed by atoms with Crippen LogP contribution < -0.4 is 0 Å². The molecule has 1 amide bonds. The Hall–Kier alpha value is -2.15. The molecular formula is C18H24N4O3. The summed E-state index contributed by atoms with van der Waals surface area (Å²) in [6, 6.07) is 4.32. The van der Waals surface area contributed by atoms with E-state index in [1.807, 2.05) is 13.0 Å². The van der Waals surface area contributed by atoms with E-state index in [1.54, 1.807) is 12.3 Å². The average Bonchev–Trinajstić information content (AvgIpc) is 3.38. The van der Waals surface area contributed by atoms with Crippen LogP contribution in [-0.2, 0) is 11.3 Å². The Balaban J connectivity index is 1.46. The minimum atomic E-state index is 0.271. The highest BCUT2D eigenvalue weighted by molar-refractivity contribution is 5.76. The maximum absolute atomic E-state index is 12.2. The lowest BCUT2D eigenvalue weighted by Gasteiger charge is -2.34. The Kier molecular flexibility index (Phi) is 4.57. The summed E-state index contributed by atoms with van der Waals surface area (Å²) in [7, 11) is 0. The van der Waals surface area contributed by atoms with Gasteiger partial charge in [-0.25, -0.2) is 0 Å². The molecule has 2 aliphatic rings. The van der Waals surface area contributed by atoms with E-state index in [1.165, 1.54) is 0 Å². The Morgan fingerprint density at radius 1 is 1.24 bits per heavy atom. The van der Waals surface area contributed by atoms with Crippen molar-refractivity contribution in [3.05, 3.63) is 24.3 Å². The number of amides is 1. The van der Waals surface area contributed by atoms with E-state index in [2.05, 4.69) is 20.0 Å². The van der Waals surface area contributed by atoms with Gasteiger partial charge in [0.25, 0.3) is 5.89 Å². The molecule has 0 N–H and O–H groups in total. The van der Waals surface area contributed by atoms with E-state index in [4.69, 9.17) is 8.83 Å². The number of carbonyl (C=O) groups excluding carboxylic acids is 1. The highest BCUT2D eigenvalue weighted by Gasteiger charge is 2.39. The second-order valence-electron chi connectivity index (χ2n) is 6.81. The first-order chi connectivity index (χ1) is 12.3. The van der Waals surface area contributed by atoms with Crippen molar-refractivity contribution < 1.29 is 13.6 Å². The van der Waals surface area contributed by atoms with Crippen molar-refractivity contribution in [1.82, 2.24) is 20.0 Å². The normalized spacial score (nSPS) is 24.3. The molecule has 0 bridgehead atoms. The van der Waals surface area contributed by atoms with E-state index in [-0.39, 0.29) is 5.91 Å². The highest BCUT2D eigenvalue weighted by Crippen LogP contribution is 2.31. The molecule has 0 spiro atoms. The van der Waals surface area contributed by atoms with Crippen molar-refractivity contribution in [3.63, 3.8) is 0 Å². The summed E-state index contributed by atoms with van der Waals surface area (Å²) in [5, 5.41) is 8.25. The number of rotatable bonds is 5. The summed E-state index contributed by atoms with van der Waals surface area (Å²) in [5.74, 6) is 1.88. The molecule has 2 atom stereocenters. The minimum Gasteiger partial charge on any atom is -0.459 e. The number of aromatic nitrogens is 2. The first-order valence-electron chi connectivity index (χ1n) is 9.16. The summed E-state index contributed by atoms with van der Waals surface area (Å²) >= 11 is 0. The topological polar surface area (TPSA) is 75.6 Å². The van der Waals surface area contributed by atoms with E-state index in [0.29, 0.717) is 42.6 Å². The van der Waals surface area contributed by atoms with Gasteiger partial charge in [-0.2, -0.15) is 0 Å². The fourth-order valence-corrected chi connectivity index (χ4v) is 4.18. The van der Waals surface area contributed by atoms with Crippen molar-refractivity contribution in [2.24, 2.45) is 0 Å². The maximum Gasteiger partial charge on any atom is 0.283 e. The van der Waals surface area contributed by atoms with Crippen LogP contribution in [0.1, 0.15) is 44.9 Å². The van der Waals surface area contributed by atoms with Crippen LogP contribution in [0, 0.1) is 0 Å². The molecule has 134 valence electrons. The fraction of sp³-hybridized carbons (Fsp3) is 0.611. The van der Waals surface area contributed by atoms with E-state index < -0.39 is 0 Å². The van der Waals surface area contributed by atoms with E-state index in [0.717, 1.165) is 38.8 Å². The molecule has 2 saturated heterocycles. The van der Waals surface area contributed by atoms with Gasteiger partial charge in [0.15, 0.2) is 5.76 Å². The fourth-order valence-electron chi connectivity index (χ4n) is 4.18. The van der Waals surface area contributed by atoms with Crippen molar-refractivity contribution in [3.8, 4) is 11.7 Å². The molecule has 7 heteroatoms. The SMILES string of the molecule is CCC(=O)N1CCC[C@H]1[C@H]1CCCN1Cc1nnc(-c2ccco2)o1. The number of hydrogen-bond acceptors (Lipinski definition) is 6. The highest BCUT2D eigenvalue weighted by atomic mass is 16.4. The summed E-state index contributed by atoms with van der Waals surface area (Å²) in [4.78, 5) is 16.7. The average molecular weight is 344 g/mol. The first-order valence-corrected chi connectivity index (χ1v) is 9.16. The lowest BCUT2D eigenvalue weighted by atomic mass is 10.0. The van der Waals surface area contributed by atoms with Crippen LogP contribution in [0.25, 0.3) is 11.7 Å². The van der Waals surface area contributed by atoms with Crippen LogP contribution in [0.3, 0.4) is 0 Å². The number of hydrogen-bond donors (Lipinski definition) is 0. The molecule has 4 rings (SSSR count). The van der Waals surface area contributed by atoms with Gasteiger partial charge in [0.05, 0.1) is 12.8 Å². The Labute approximate surface area is 147 Å². The van der Waals surface area contributed by atoms with Gasteiger partial charge in [-0.3, -0.25) is 9.69 Å². The number of carbonyl (C=O) groups is 1. The zero-order chi connectivity index (χ0) is 17.2. The van der Waals surface area contributed by atoms with Gasteiger partial charge < -0.3 is 13.7 Å². The zero-order valence-corrected chi connectivity index (χ0v) is 14.6. The van der Waals surface area contributed by atoms with Crippen molar-refractivity contribution in [1.29, 1.82) is 0 Å². The lowest BCUT2D eigenvalue weighted by molar-refractivity contribution is -0.132. The molecule has 2 aromatic heterocycles. The number of likely N-dealkylation sites (tertiary alicyclic amines) is 2. The molecular weight excluding hydrogens is 320 g/mol. The van der Waals surface area contributed by atoms with Gasteiger partial charge in [0.2, 0.25) is 11.8 Å². The molecule has 2 aromatic rings. The lowest BCUT2D eigenvalue weighted by Crippen LogP contribution is -2.47. The third-order valence-electron chi connectivity index (χ3n) is 5.32. The summed E-state index contributed by atoms with van der Waals surface area (Å²) in [5.41, 5.74) is 0.